The lowest BCUT2D eigenvalue weighted by Crippen LogP contribution is -2.54. The molecule has 0 heterocycles. The Balaban J connectivity index is 1.81. The average Bonchev–Trinajstić information content (AvgIpc) is 3.06. The predicted molar refractivity (Wildman–Crippen MR) is 190 cm³/mol. The molecule has 248 valence electrons. The van der Waals surface area contributed by atoms with Crippen LogP contribution in [0, 0.1) is 0 Å². The number of anilines is 1. The highest BCUT2D eigenvalue weighted by Crippen LogP contribution is 2.28. The third-order valence-electron chi connectivity index (χ3n) is 7.31. The molecule has 0 aliphatic carbocycles. The molecule has 0 saturated carbocycles. The Labute approximate surface area is 287 Å². The van der Waals surface area contributed by atoms with Crippen molar-refractivity contribution in [3.63, 3.8) is 0 Å². The Morgan fingerprint density at radius 3 is 2.15 bits per heavy atom. The molecular weight excluding hydrogens is 654 g/mol. The maximum Gasteiger partial charge on any atom is 0.264 e. The van der Waals surface area contributed by atoms with Gasteiger partial charge in [0.05, 0.1) is 17.2 Å². The van der Waals surface area contributed by atoms with Crippen LogP contribution >= 0.6 is 23.4 Å². The Morgan fingerprint density at radius 2 is 1.55 bits per heavy atom. The lowest BCUT2D eigenvalue weighted by molar-refractivity contribution is -0.140. The third kappa shape index (κ3) is 9.76. The van der Waals surface area contributed by atoms with Gasteiger partial charge in [0.2, 0.25) is 11.8 Å². The number of ether oxygens (including phenoxy) is 1. The molecule has 1 atom stereocenters. The monoisotopic (exact) mass is 693 g/mol. The number of amides is 2. The molecule has 0 fully saturated rings. The van der Waals surface area contributed by atoms with E-state index >= 15 is 0 Å². The number of thioether (sulfide) groups is 1. The maximum atomic E-state index is 14.6. The Hall–Kier alpha value is -3.99. The summed E-state index contributed by atoms with van der Waals surface area (Å²) in [6.07, 6.45) is 2.13. The first-order chi connectivity index (χ1) is 22.5. The summed E-state index contributed by atoms with van der Waals surface area (Å²) in [4.78, 5) is 30.8. The smallest absolute Gasteiger partial charge is 0.264 e. The zero-order valence-electron chi connectivity index (χ0n) is 26.9. The number of carbonyl (C=O) groups is 2. The van der Waals surface area contributed by atoms with Gasteiger partial charge in [-0.1, -0.05) is 54.1 Å². The van der Waals surface area contributed by atoms with Crippen LogP contribution in [0.3, 0.4) is 0 Å². The van der Waals surface area contributed by atoms with Crippen molar-refractivity contribution in [3.05, 3.63) is 119 Å². The third-order valence-corrected chi connectivity index (χ3v) is 10.1. The Morgan fingerprint density at radius 1 is 0.894 bits per heavy atom. The highest BCUT2D eigenvalue weighted by molar-refractivity contribution is 7.98. The molecule has 4 aromatic carbocycles. The van der Waals surface area contributed by atoms with Gasteiger partial charge in [0.15, 0.2) is 0 Å². The summed E-state index contributed by atoms with van der Waals surface area (Å²) in [6, 6.07) is 28.4. The van der Waals surface area contributed by atoms with Gasteiger partial charge in [-0.2, -0.15) is 0 Å². The number of nitrogens with zero attached hydrogens (tertiary/aromatic N) is 2. The average molecular weight is 694 g/mol. The maximum absolute atomic E-state index is 14.6. The van der Waals surface area contributed by atoms with Gasteiger partial charge in [-0.05, 0) is 98.8 Å². The minimum absolute atomic E-state index is 0.0298. The largest absolute Gasteiger partial charge is 0.494 e. The highest BCUT2D eigenvalue weighted by Gasteiger charge is 2.35. The molecular formula is C36H40ClN3O5S2. The van der Waals surface area contributed by atoms with E-state index in [0.29, 0.717) is 22.9 Å². The van der Waals surface area contributed by atoms with E-state index in [1.807, 2.05) is 63.4 Å². The molecule has 2 amide bonds. The van der Waals surface area contributed by atoms with Gasteiger partial charge in [0, 0.05) is 28.9 Å². The van der Waals surface area contributed by atoms with Crippen molar-refractivity contribution < 1.29 is 22.7 Å². The summed E-state index contributed by atoms with van der Waals surface area (Å²) < 4.78 is 35.2. The summed E-state index contributed by atoms with van der Waals surface area (Å²) in [7, 11) is -4.22. The fourth-order valence-corrected chi connectivity index (χ4v) is 7.08. The lowest BCUT2D eigenvalue weighted by Gasteiger charge is -2.34. The number of sulfonamides is 1. The van der Waals surface area contributed by atoms with Crippen molar-refractivity contribution in [1.29, 1.82) is 0 Å². The van der Waals surface area contributed by atoms with Gasteiger partial charge in [-0.25, -0.2) is 8.42 Å². The number of carbonyl (C=O) groups excluding carboxylic acids is 2. The quantitative estimate of drug-likeness (QED) is 0.137. The van der Waals surface area contributed by atoms with Crippen LogP contribution in [-0.4, -0.2) is 56.6 Å². The molecule has 4 rings (SSSR count). The zero-order chi connectivity index (χ0) is 34.0. The number of rotatable bonds is 15. The summed E-state index contributed by atoms with van der Waals surface area (Å²) in [5, 5.41) is 3.44. The first kappa shape index (κ1) is 35.9. The number of nitrogens with one attached hydrogen (secondary N) is 1. The van der Waals surface area contributed by atoms with Crippen molar-refractivity contribution in [3.8, 4) is 5.75 Å². The normalized spacial score (nSPS) is 12.0. The zero-order valence-corrected chi connectivity index (χ0v) is 29.3. The number of hydrogen-bond donors (Lipinski definition) is 1. The Kier molecular flexibility index (Phi) is 12.8. The Bertz CT molecular complexity index is 1730. The standard InChI is InChI=1S/C36H40ClN3O5S2/c1-5-45-31-16-14-30(15-17-31)40(47(43,44)33-20-18-32(46-4)19-21-33)25-35(41)39(24-28-12-9-13-29(37)22-28)34(36(42)38-26(2)3)23-27-10-7-6-8-11-27/h6-22,26,34H,5,23-25H2,1-4H3,(H,38,42). The van der Waals surface area contributed by atoms with Crippen molar-refractivity contribution in [2.45, 2.75) is 55.6 Å². The summed E-state index contributed by atoms with van der Waals surface area (Å²) in [6.45, 7) is 5.48. The fourth-order valence-electron chi connectivity index (χ4n) is 5.05. The lowest BCUT2D eigenvalue weighted by atomic mass is 10.0. The van der Waals surface area contributed by atoms with E-state index in [1.54, 1.807) is 54.6 Å². The molecule has 8 nitrogen and oxygen atoms in total. The second-order valence-electron chi connectivity index (χ2n) is 11.1. The number of benzene rings is 4. The van der Waals surface area contributed by atoms with E-state index in [1.165, 1.54) is 28.8 Å². The van der Waals surface area contributed by atoms with Crippen molar-refractivity contribution >= 4 is 50.9 Å². The van der Waals surface area contributed by atoms with E-state index in [0.717, 1.165) is 14.8 Å². The van der Waals surface area contributed by atoms with Gasteiger partial charge in [0.25, 0.3) is 10.0 Å². The predicted octanol–water partition coefficient (Wildman–Crippen LogP) is 6.82. The summed E-state index contributed by atoms with van der Waals surface area (Å²) in [5.41, 5.74) is 1.83. The van der Waals surface area contributed by atoms with Crippen LogP contribution in [0.4, 0.5) is 5.69 Å². The van der Waals surface area contributed by atoms with Gasteiger partial charge in [-0.15, -0.1) is 11.8 Å². The molecule has 4 aromatic rings. The van der Waals surface area contributed by atoms with Crippen molar-refractivity contribution in [2.75, 3.05) is 23.7 Å². The van der Waals surface area contributed by atoms with Gasteiger partial charge < -0.3 is 15.0 Å². The minimum atomic E-state index is -4.22. The van der Waals surface area contributed by atoms with Crippen LogP contribution in [0.1, 0.15) is 31.9 Å². The van der Waals surface area contributed by atoms with E-state index < -0.39 is 28.5 Å². The van der Waals surface area contributed by atoms with Crippen molar-refractivity contribution in [2.24, 2.45) is 0 Å². The SMILES string of the molecule is CCOc1ccc(N(CC(=O)N(Cc2cccc(Cl)c2)C(Cc2ccccc2)C(=O)NC(C)C)S(=O)(=O)c2ccc(SC)cc2)cc1. The molecule has 0 bridgehead atoms. The summed E-state index contributed by atoms with van der Waals surface area (Å²) in [5.74, 6) is -0.328. The van der Waals surface area contributed by atoms with Crippen molar-refractivity contribution in [1.82, 2.24) is 10.2 Å². The molecule has 1 unspecified atom stereocenters. The van der Waals surface area contributed by atoms with Crippen LogP contribution in [0.2, 0.25) is 5.02 Å². The molecule has 0 aromatic heterocycles. The number of halogens is 1. The van der Waals surface area contributed by atoms with E-state index in [-0.39, 0.29) is 35.5 Å². The van der Waals surface area contributed by atoms with Crippen LogP contribution in [-0.2, 0) is 32.6 Å². The molecule has 0 spiro atoms. The van der Waals surface area contributed by atoms with E-state index in [4.69, 9.17) is 16.3 Å². The van der Waals surface area contributed by atoms with Crippen LogP contribution in [0.15, 0.2) is 113 Å². The van der Waals surface area contributed by atoms with Crippen LogP contribution in [0.5, 0.6) is 5.75 Å². The molecule has 0 saturated heterocycles. The molecule has 47 heavy (non-hydrogen) atoms. The molecule has 0 radical (unpaired) electrons. The first-order valence-corrected chi connectivity index (χ1v) is 18.3. The molecule has 0 aliphatic rings. The molecule has 1 N–H and O–H groups in total. The molecule has 0 aliphatic heterocycles. The second kappa shape index (κ2) is 16.7. The highest BCUT2D eigenvalue weighted by atomic mass is 35.5. The van der Waals surface area contributed by atoms with E-state index in [9.17, 15) is 18.0 Å². The molecule has 11 heteroatoms. The van der Waals surface area contributed by atoms with E-state index in [2.05, 4.69) is 5.32 Å². The van der Waals surface area contributed by atoms with Gasteiger partial charge >= 0.3 is 0 Å². The first-order valence-electron chi connectivity index (χ1n) is 15.3. The van der Waals surface area contributed by atoms with Gasteiger partial charge in [0.1, 0.15) is 18.3 Å². The number of hydrogen-bond acceptors (Lipinski definition) is 6. The fraction of sp³-hybridized carbons (Fsp3) is 0.278. The summed E-state index contributed by atoms with van der Waals surface area (Å²) >= 11 is 7.81. The van der Waals surface area contributed by atoms with Crippen LogP contribution < -0.4 is 14.4 Å². The van der Waals surface area contributed by atoms with Crippen LogP contribution in [0.25, 0.3) is 0 Å². The van der Waals surface area contributed by atoms with Gasteiger partial charge in [-0.3, -0.25) is 13.9 Å². The topological polar surface area (TPSA) is 96.0 Å². The second-order valence-corrected chi connectivity index (χ2v) is 14.3. The minimum Gasteiger partial charge on any atom is -0.494 e.